The molecule has 3 rings (SSSR count). The summed E-state index contributed by atoms with van der Waals surface area (Å²) in [7, 11) is 1.59. The highest BCUT2D eigenvalue weighted by atomic mass is 16.6. The van der Waals surface area contributed by atoms with Crippen LogP contribution in [0.3, 0.4) is 0 Å². The molecule has 0 amide bonds. The van der Waals surface area contributed by atoms with Crippen LogP contribution in [-0.4, -0.2) is 25.6 Å². The molecule has 134 valence electrons. The summed E-state index contributed by atoms with van der Waals surface area (Å²) in [6.07, 6.45) is 3.73. The van der Waals surface area contributed by atoms with Crippen molar-refractivity contribution in [3.8, 4) is 11.5 Å². The zero-order valence-electron chi connectivity index (χ0n) is 14.9. The third-order valence-corrected chi connectivity index (χ3v) is 3.89. The number of rotatable bonds is 7. The van der Waals surface area contributed by atoms with Gasteiger partial charge in [0.15, 0.2) is 17.2 Å². The molecule has 0 saturated carbocycles. The molecular weight excluding hydrogens is 330 g/mol. The third kappa shape index (κ3) is 4.11. The van der Waals surface area contributed by atoms with E-state index in [4.69, 9.17) is 14.2 Å². The van der Waals surface area contributed by atoms with Crippen LogP contribution in [0.1, 0.15) is 30.9 Å². The van der Waals surface area contributed by atoms with E-state index in [9.17, 15) is 4.79 Å². The number of nitrogens with zero attached hydrogens (tertiary/aromatic N) is 1. The largest absolute Gasteiger partial charge is 0.493 e. The number of esters is 1. The van der Waals surface area contributed by atoms with Crippen LogP contribution in [0.2, 0.25) is 0 Å². The van der Waals surface area contributed by atoms with Crippen LogP contribution in [0.25, 0.3) is 6.08 Å². The predicted octanol–water partition coefficient (Wildman–Crippen LogP) is 4.22. The second-order valence-electron chi connectivity index (χ2n) is 5.81. The molecule has 0 saturated heterocycles. The Morgan fingerprint density at radius 3 is 2.65 bits per heavy atom. The van der Waals surface area contributed by atoms with E-state index in [1.165, 1.54) is 0 Å². The molecule has 1 heterocycles. The molecule has 2 aromatic rings. The lowest BCUT2D eigenvalue weighted by molar-refractivity contribution is -0.129. The van der Waals surface area contributed by atoms with E-state index in [1.54, 1.807) is 13.2 Å². The molecule has 1 aliphatic rings. The fourth-order valence-corrected chi connectivity index (χ4v) is 2.49. The van der Waals surface area contributed by atoms with Gasteiger partial charge in [-0.2, -0.15) is 0 Å². The molecule has 0 aliphatic carbocycles. The minimum atomic E-state index is -0.467. The van der Waals surface area contributed by atoms with Crippen molar-refractivity contribution in [2.75, 3.05) is 13.7 Å². The Balaban J connectivity index is 1.82. The van der Waals surface area contributed by atoms with Crippen molar-refractivity contribution in [3.05, 3.63) is 65.4 Å². The molecule has 0 fully saturated rings. The van der Waals surface area contributed by atoms with Crippen molar-refractivity contribution < 1.29 is 19.0 Å². The Labute approximate surface area is 152 Å². The number of unbranched alkanes of at least 4 members (excludes halogenated alkanes) is 1. The average Bonchev–Trinajstić information content (AvgIpc) is 3.04. The van der Waals surface area contributed by atoms with E-state index in [-0.39, 0.29) is 5.70 Å². The molecule has 0 bridgehead atoms. The van der Waals surface area contributed by atoms with Gasteiger partial charge in [0.1, 0.15) is 0 Å². The van der Waals surface area contributed by atoms with E-state index in [1.807, 2.05) is 48.5 Å². The first-order valence-electron chi connectivity index (χ1n) is 8.60. The number of carbonyl (C=O) groups is 1. The van der Waals surface area contributed by atoms with Gasteiger partial charge in [-0.1, -0.05) is 37.6 Å². The first-order chi connectivity index (χ1) is 12.7. The number of benzene rings is 2. The minimum Gasteiger partial charge on any atom is -0.493 e. The maximum Gasteiger partial charge on any atom is 0.363 e. The topological polar surface area (TPSA) is 57.1 Å². The fourth-order valence-electron chi connectivity index (χ4n) is 2.49. The van der Waals surface area contributed by atoms with Crippen molar-refractivity contribution in [1.29, 1.82) is 0 Å². The van der Waals surface area contributed by atoms with Crippen molar-refractivity contribution in [3.63, 3.8) is 0 Å². The summed E-state index contributed by atoms with van der Waals surface area (Å²) in [6, 6.07) is 14.8. The average molecular weight is 351 g/mol. The van der Waals surface area contributed by atoms with Gasteiger partial charge in [0.2, 0.25) is 5.90 Å². The number of carbonyl (C=O) groups excluding carboxylic acids is 1. The number of methoxy groups -OCH3 is 1. The molecule has 0 spiro atoms. The van der Waals surface area contributed by atoms with Crippen LogP contribution < -0.4 is 9.47 Å². The van der Waals surface area contributed by atoms with Crippen LogP contribution in [0, 0.1) is 0 Å². The predicted molar refractivity (Wildman–Crippen MR) is 100 cm³/mol. The zero-order valence-corrected chi connectivity index (χ0v) is 14.9. The number of cyclic esters (lactones) is 1. The van der Waals surface area contributed by atoms with Crippen LogP contribution in [-0.2, 0) is 9.53 Å². The summed E-state index contributed by atoms with van der Waals surface area (Å²) in [5, 5.41) is 0. The van der Waals surface area contributed by atoms with Crippen molar-refractivity contribution in [2.45, 2.75) is 19.8 Å². The highest BCUT2D eigenvalue weighted by Crippen LogP contribution is 2.30. The summed E-state index contributed by atoms with van der Waals surface area (Å²) in [5.41, 5.74) is 1.81. The van der Waals surface area contributed by atoms with Crippen LogP contribution in [0.15, 0.2) is 59.2 Å². The Morgan fingerprint density at radius 1 is 1.12 bits per heavy atom. The first kappa shape index (κ1) is 17.7. The molecule has 0 unspecified atom stereocenters. The Bertz CT molecular complexity index is 840. The van der Waals surface area contributed by atoms with Crippen LogP contribution in [0.5, 0.6) is 11.5 Å². The maximum absolute atomic E-state index is 12.1. The van der Waals surface area contributed by atoms with Gasteiger partial charge in [-0.25, -0.2) is 9.79 Å². The molecule has 26 heavy (non-hydrogen) atoms. The number of aliphatic imine (C=N–C) groups is 1. The van der Waals surface area contributed by atoms with Gasteiger partial charge in [-0.05, 0) is 42.3 Å². The Hall–Kier alpha value is -3.08. The summed E-state index contributed by atoms with van der Waals surface area (Å²) in [5.74, 6) is 1.15. The maximum atomic E-state index is 12.1. The van der Waals surface area contributed by atoms with Crippen LogP contribution in [0.4, 0.5) is 0 Å². The second kappa shape index (κ2) is 8.34. The lowest BCUT2D eigenvalue weighted by Gasteiger charge is -2.10. The van der Waals surface area contributed by atoms with Gasteiger partial charge in [0.25, 0.3) is 0 Å². The standard InChI is InChI=1S/C21H21NO4/c1-3-4-12-25-18-11-10-15(14-19(18)24-2)13-17-21(23)26-20(22-17)16-8-6-5-7-9-16/h5-11,13-14H,3-4,12H2,1-2H3. The van der Waals surface area contributed by atoms with Gasteiger partial charge >= 0.3 is 5.97 Å². The van der Waals surface area contributed by atoms with E-state index in [2.05, 4.69) is 11.9 Å². The van der Waals surface area contributed by atoms with E-state index in [0.29, 0.717) is 24.0 Å². The van der Waals surface area contributed by atoms with E-state index < -0.39 is 5.97 Å². The first-order valence-corrected chi connectivity index (χ1v) is 8.60. The minimum absolute atomic E-state index is 0.255. The van der Waals surface area contributed by atoms with Gasteiger partial charge in [-0.3, -0.25) is 0 Å². The molecular formula is C21H21NO4. The van der Waals surface area contributed by atoms with E-state index >= 15 is 0 Å². The lowest BCUT2D eigenvalue weighted by Crippen LogP contribution is -2.04. The van der Waals surface area contributed by atoms with Crippen molar-refractivity contribution in [1.82, 2.24) is 0 Å². The SMILES string of the molecule is CCCCOc1ccc(C=C2N=C(c3ccccc3)OC2=O)cc1OC. The Kier molecular flexibility index (Phi) is 5.69. The number of hydrogen-bond acceptors (Lipinski definition) is 5. The Morgan fingerprint density at radius 2 is 1.92 bits per heavy atom. The van der Waals surface area contributed by atoms with Gasteiger partial charge in [0, 0.05) is 5.56 Å². The normalized spacial score (nSPS) is 14.9. The molecule has 1 aliphatic heterocycles. The van der Waals surface area contributed by atoms with Gasteiger partial charge in [-0.15, -0.1) is 0 Å². The summed E-state index contributed by atoms with van der Waals surface area (Å²) in [6.45, 7) is 2.76. The molecule has 0 aromatic heterocycles. The van der Waals surface area contributed by atoms with Crippen molar-refractivity contribution >= 4 is 17.9 Å². The molecule has 2 aromatic carbocycles. The second-order valence-corrected chi connectivity index (χ2v) is 5.81. The smallest absolute Gasteiger partial charge is 0.363 e. The molecule has 5 nitrogen and oxygen atoms in total. The summed E-state index contributed by atoms with van der Waals surface area (Å²) >= 11 is 0. The highest BCUT2D eigenvalue weighted by Gasteiger charge is 2.24. The van der Waals surface area contributed by atoms with Crippen molar-refractivity contribution in [2.24, 2.45) is 4.99 Å². The molecule has 0 atom stereocenters. The van der Waals surface area contributed by atoms with Gasteiger partial charge < -0.3 is 14.2 Å². The summed E-state index contributed by atoms with van der Waals surface area (Å²) in [4.78, 5) is 16.4. The van der Waals surface area contributed by atoms with E-state index in [0.717, 1.165) is 24.0 Å². The molecule has 0 N–H and O–H groups in total. The van der Waals surface area contributed by atoms with Gasteiger partial charge in [0.05, 0.1) is 13.7 Å². The molecule has 0 radical (unpaired) electrons. The fraction of sp³-hybridized carbons (Fsp3) is 0.238. The molecule has 5 heteroatoms. The van der Waals surface area contributed by atoms with Crippen LogP contribution >= 0.6 is 0 Å². The quantitative estimate of drug-likeness (QED) is 0.426. The third-order valence-electron chi connectivity index (χ3n) is 3.89. The highest BCUT2D eigenvalue weighted by molar-refractivity contribution is 6.12. The monoisotopic (exact) mass is 351 g/mol. The zero-order chi connectivity index (χ0) is 18.4. The summed E-state index contributed by atoms with van der Waals surface area (Å²) < 4.78 is 16.4. The number of hydrogen-bond donors (Lipinski definition) is 0. The number of ether oxygens (including phenoxy) is 3. The lowest BCUT2D eigenvalue weighted by atomic mass is 10.1.